The maximum Gasteiger partial charge on any atom is 0.123 e. The molecule has 3 nitrogen and oxygen atoms in total. The summed E-state index contributed by atoms with van der Waals surface area (Å²) >= 11 is 0. The summed E-state index contributed by atoms with van der Waals surface area (Å²) in [5.41, 5.74) is 0. The number of hydrogen-bond acceptors (Lipinski definition) is 3. The molecule has 0 saturated carbocycles. The molecule has 0 spiro atoms. The Kier molecular flexibility index (Phi) is 5.26. The van der Waals surface area contributed by atoms with Crippen LogP contribution in [-0.4, -0.2) is 43.0 Å². The third-order valence-corrected chi connectivity index (χ3v) is 3.31. The second kappa shape index (κ2) is 6.23. The predicted molar refractivity (Wildman–Crippen MR) is 60.9 cm³/mol. The largest absolute Gasteiger partial charge is 0.380 e. The summed E-state index contributed by atoms with van der Waals surface area (Å²) in [5, 5.41) is 0. The standard InChI is InChI=1S/C12H23NO2/c1-4-15-6-5-13-10(2)7-12(9-14)8-11(13)3/h9-12H,4-8H2,1-3H3/t10-,11-/m1/s1. The van der Waals surface area contributed by atoms with Crippen LogP contribution in [0.3, 0.4) is 0 Å². The van der Waals surface area contributed by atoms with Crippen LogP contribution < -0.4 is 0 Å². The van der Waals surface area contributed by atoms with Gasteiger partial charge in [-0.2, -0.15) is 0 Å². The van der Waals surface area contributed by atoms with Gasteiger partial charge in [-0.3, -0.25) is 4.90 Å². The third-order valence-electron chi connectivity index (χ3n) is 3.31. The van der Waals surface area contributed by atoms with E-state index >= 15 is 0 Å². The van der Waals surface area contributed by atoms with E-state index in [0.717, 1.165) is 38.9 Å². The summed E-state index contributed by atoms with van der Waals surface area (Å²) < 4.78 is 5.37. The topological polar surface area (TPSA) is 29.5 Å². The minimum absolute atomic E-state index is 0.262. The molecule has 1 heterocycles. The first-order valence-corrected chi connectivity index (χ1v) is 5.97. The number of aldehydes is 1. The maximum atomic E-state index is 10.8. The lowest BCUT2D eigenvalue weighted by molar-refractivity contribution is -0.113. The third kappa shape index (κ3) is 3.58. The predicted octanol–water partition coefficient (Wildman–Crippen LogP) is 1.71. The molecule has 0 N–H and O–H groups in total. The van der Waals surface area contributed by atoms with Crippen LogP contribution in [0.1, 0.15) is 33.6 Å². The van der Waals surface area contributed by atoms with Crippen molar-refractivity contribution in [1.29, 1.82) is 0 Å². The monoisotopic (exact) mass is 213 g/mol. The number of hydrogen-bond donors (Lipinski definition) is 0. The Morgan fingerprint density at radius 2 is 1.93 bits per heavy atom. The zero-order chi connectivity index (χ0) is 11.3. The maximum absolute atomic E-state index is 10.8. The van der Waals surface area contributed by atoms with Gasteiger partial charge in [-0.1, -0.05) is 0 Å². The van der Waals surface area contributed by atoms with Crippen LogP contribution in [0.5, 0.6) is 0 Å². The zero-order valence-corrected chi connectivity index (χ0v) is 10.1. The van der Waals surface area contributed by atoms with Gasteiger partial charge < -0.3 is 9.53 Å². The van der Waals surface area contributed by atoms with Crippen molar-refractivity contribution in [3.63, 3.8) is 0 Å². The molecule has 0 unspecified atom stereocenters. The number of rotatable bonds is 5. The number of piperidine rings is 1. The van der Waals surface area contributed by atoms with Crippen molar-refractivity contribution in [3.05, 3.63) is 0 Å². The van der Waals surface area contributed by atoms with E-state index in [1.165, 1.54) is 0 Å². The van der Waals surface area contributed by atoms with Crippen LogP contribution in [0.25, 0.3) is 0 Å². The van der Waals surface area contributed by atoms with Crippen LogP contribution in [0.2, 0.25) is 0 Å². The molecular formula is C12H23NO2. The highest BCUT2D eigenvalue weighted by atomic mass is 16.5. The van der Waals surface area contributed by atoms with Crippen molar-refractivity contribution in [2.24, 2.45) is 5.92 Å². The van der Waals surface area contributed by atoms with Gasteiger partial charge >= 0.3 is 0 Å². The molecule has 0 radical (unpaired) electrons. The van der Waals surface area contributed by atoms with Gasteiger partial charge in [0.1, 0.15) is 6.29 Å². The van der Waals surface area contributed by atoms with E-state index in [9.17, 15) is 4.79 Å². The van der Waals surface area contributed by atoms with Crippen molar-refractivity contribution < 1.29 is 9.53 Å². The van der Waals surface area contributed by atoms with E-state index in [-0.39, 0.29) is 5.92 Å². The highest BCUT2D eigenvalue weighted by Crippen LogP contribution is 2.25. The highest BCUT2D eigenvalue weighted by molar-refractivity contribution is 5.53. The van der Waals surface area contributed by atoms with Gasteiger partial charge in [0.2, 0.25) is 0 Å². The van der Waals surface area contributed by atoms with E-state index in [1.54, 1.807) is 0 Å². The second-order valence-electron chi connectivity index (χ2n) is 4.50. The number of carbonyl (C=O) groups excluding carboxylic acids is 1. The minimum atomic E-state index is 0.262. The van der Waals surface area contributed by atoms with E-state index in [1.807, 2.05) is 6.92 Å². The molecule has 1 rings (SSSR count). The Balaban J connectivity index is 2.39. The molecule has 2 atom stereocenters. The molecule has 0 bridgehead atoms. The lowest BCUT2D eigenvalue weighted by Crippen LogP contribution is -2.48. The molecule has 1 saturated heterocycles. The van der Waals surface area contributed by atoms with Gasteiger partial charge in [-0.25, -0.2) is 0 Å². The normalized spacial score (nSPS) is 32.9. The molecule has 0 aromatic carbocycles. The highest BCUT2D eigenvalue weighted by Gasteiger charge is 2.29. The van der Waals surface area contributed by atoms with Crippen molar-refractivity contribution in [2.75, 3.05) is 19.8 Å². The van der Waals surface area contributed by atoms with Crippen molar-refractivity contribution >= 4 is 6.29 Å². The number of ether oxygens (including phenoxy) is 1. The Morgan fingerprint density at radius 3 is 2.40 bits per heavy atom. The van der Waals surface area contributed by atoms with Crippen molar-refractivity contribution in [2.45, 2.75) is 45.7 Å². The SMILES string of the molecule is CCOCCN1[C@H](C)CC(C=O)C[C@H]1C. The minimum Gasteiger partial charge on any atom is -0.380 e. The first kappa shape index (κ1) is 12.7. The summed E-state index contributed by atoms with van der Waals surface area (Å²) in [6.07, 6.45) is 3.12. The average Bonchev–Trinajstić information content (AvgIpc) is 2.22. The molecule has 1 aliphatic heterocycles. The first-order valence-electron chi connectivity index (χ1n) is 5.97. The summed E-state index contributed by atoms with van der Waals surface area (Å²) in [7, 11) is 0. The van der Waals surface area contributed by atoms with Crippen LogP contribution in [-0.2, 0) is 9.53 Å². The van der Waals surface area contributed by atoms with Gasteiger partial charge in [0.15, 0.2) is 0 Å². The summed E-state index contributed by atoms with van der Waals surface area (Å²) in [5.74, 6) is 0.262. The fraction of sp³-hybridized carbons (Fsp3) is 0.917. The molecule has 1 fully saturated rings. The Bertz CT molecular complexity index is 184. The Hall–Kier alpha value is -0.410. The molecule has 88 valence electrons. The number of nitrogens with zero attached hydrogens (tertiary/aromatic N) is 1. The van der Waals surface area contributed by atoms with Crippen LogP contribution in [0.4, 0.5) is 0 Å². The smallest absolute Gasteiger partial charge is 0.123 e. The quantitative estimate of drug-likeness (QED) is 0.514. The molecule has 0 aromatic heterocycles. The summed E-state index contributed by atoms with van der Waals surface area (Å²) in [4.78, 5) is 13.2. The molecule has 3 heteroatoms. The molecular weight excluding hydrogens is 190 g/mol. The van der Waals surface area contributed by atoms with Gasteiger partial charge in [0, 0.05) is 31.2 Å². The fourth-order valence-corrected chi connectivity index (χ4v) is 2.54. The van der Waals surface area contributed by atoms with Crippen LogP contribution >= 0.6 is 0 Å². The summed E-state index contributed by atoms with van der Waals surface area (Å²) in [6.45, 7) is 9.01. The molecule has 15 heavy (non-hydrogen) atoms. The molecule has 1 aliphatic rings. The van der Waals surface area contributed by atoms with Crippen LogP contribution in [0.15, 0.2) is 0 Å². The lowest BCUT2D eigenvalue weighted by atomic mass is 9.88. The van der Waals surface area contributed by atoms with Crippen molar-refractivity contribution in [1.82, 2.24) is 4.90 Å². The van der Waals surface area contributed by atoms with Crippen molar-refractivity contribution in [3.8, 4) is 0 Å². The van der Waals surface area contributed by atoms with E-state index in [0.29, 0.717) is 12.1 Å². The second-order valence-corrected chi connectivity index (χ2v) is 4.50. The molecule has 0 aromatic rings. The van der Waals surface area contributed by atoms with E-state index < -0.39 is 0 Å². The number of carbonyl (C=O) groups is 1. The first-order chi connectivity index (χ1) is 7.19. The van der Waals surface area contributed by atoms with E-state index in [2.05, 4.69) is 18.7 Å². The van der Waals surface area contributed by atoms with Gasteiger partial charge in [0.25, 0.3) is 0 Å². The summed E-state index contributed by atoms with van der Waals surface area (Å²) in [6, 6.07) is 1.01. The average molecular weight is 213 g/mol. The van der Waals surface area contributed by atoms with E-state index in [4.69, 9.17) is 4.74 Å². The van der Waals surface area contributed by atoms with Gasteiger partial charge in [0.05, 0.1) is 6.61 Å². The molecule has 0 aliphatic carbocycles. The Labute approximate surface area is 92.8 Å². The lowest BCUT2D eigenvalue weighted by Gasteiger charge is -2.41. The Morgan fingerprint density at radius 1 is 1.33 bits per heavy atom. The fourth-order valence-electron chi connectivity index (χ4n) is 2.54. The zero-order valence-electron chi connectivity index (χ0n) is 10.1. The van der Waals surface area contributed by atoms with Gasteiger partial charge in [-0.05, 0) is 33.6 Å². The van der Waals surface area contributed by atoms with Gasteiger partial charge in [-0.15, -0.1) is 0 Å². The molecule has 0 amide bonds. The van der Waals surface area contributed by atoms with Crippen LogP contribution in [0, 0.1) is 5.92 Å². The number of likely N-dealkylation sites (tertiary alicyclic amines) is 1.